The second-order valence-corrected chi connectivity index (χ2v) is 12.3. The van der Waals surface area contributed by atoms with Gasteiger partial charge in [-0.25, -0.2) is 27.9 Å². The van der Waals surface area contributed by atoms with Gasteiger partial charge in [-0.2, -0.15) is 0 Å². The number of hydrogen-bond acceptors (Lipinski definition) is 5. The average Bonchev–Trinajstić information content (AvgIpc) is 3.53. The largest absolute Gasteiger partial charge is 0.478 e. The summed E-state index contributed by atoms with van der Waals surface area (Å²) < 4.78 is 58.9. The molecule has 2 aromatic heterocycles. The van der Waals surface area contributed by atoms with Crippen molar-refractivity contribution in [1.29, 1.82) is 0 Å². The smallest absolute Gasteiger partial charge is 0.335 e. The van der Waals surface area contributed by atoms with E-state index in [0.29, 0.717) is 40.7 Å². The number of nitrogens with zero attached hydrogens (tertiary/aromatic N) is 3. The molecule has 232 valence electrons. The van der Waals surface area contributed by atoms with Crippen molar-refractivity contribution in [1.82, 2.24) is 14.5 Å². The molecule has 3 aromatic carbocycles. The van der Waals surface area contributed by atoms with Crippen molar-refractivity contribution in [2.75, 3.05) is 13.2 Å². The van der Waals surface area contributed by atoms with Crippen molar-refractivity contribution >= 4 is 28.6 Å². The first kappa shape index (κ1) is 30.6. The molecule has 0 radical (unpaired) electrons. The molecule has 1 saturated heterocycles. The number of carbonyl (C=O) groups is 1. The minimum atomic E-state index is -1.08. The normalized spacial score (nSPS) is 15.9. The second kappa shape index (κ2) is 11.8. The van der Waals surface area contributed by atoms with E-state index < -0.39 is 23.4 Å². The first-order chi connectivity index (χ1) is 21.4. The number of benzene rings is 3. The van der Waals surface area contributed by atoms with Gasteiger partial charge in [-0.1, -0.05) is 31.5 Å². The first-order valence-electron chi connectivity index (χ1n) is 14.3. The Hall–Kier alpha value is -4.41. The van der Waals surface area contributed by atoms with E-state index in [9.17, 15) is 14.3 Å². The molecule has 3 heterocycles. The van der Waals surface area contributed by atoms with Crippen LogP contribution in [-0.4, -0.2) is 38.8 Å². The van der Waals surface area contributed by atoms with Crippen molar-refractivity contribution in [2.24, 2.45) is 5.41 Å². The quantitative estimate of drug-likeness (QED) is 0.186. The molecule has 45 heavy (non-hydrogen) atoms. The van der Waals surface area contributed by atoms with Crippen LogP contribution in [0.4, 0.5) is 13.2 Å². The van der Waals surface area contributed by atoms with Gasteiger partial charge in [0.25, 0.3) is 0 Å². The summed E-state index contributed by atoms with van der Waals surface area (Å²) in [4.78, 5) is 20.7. The molecule has 1 fully saturated rings. The van der Waals surface area contributed by atoms with Crippen LogP contribution < -0.4 is 4.74 Å². The topological polar surface area (TPSA) is 86.5 Å². The lowest BCUT2D eigenvalue weighted by molar-refractivity contribution is 0.0697. The Balaban J connectivity index is 1.31. The Morgan fingerprint density at radius 2 is 1.82 bits per heavy atom. The van der Waals surface area contributed by atoms with E-state index in [-0.39, 0.29) is 58.3 Å². The van der Waals surface area contributed by atoms with Crippen LogP contribution >= 0.6 is 11.6 Å². The Labute approximate surface area is 262 Å². The Bertz CT molecular complexity index is 1960. The standard InChI is InChI=1S/C34H29ClF3N3O4/c1-18-9-21(25(37)14-23(18)35)15-45-32-6-4-5-27(40-32)22-13-24(36)20(10-26(22)38)12-31-39-28-8-7-19(33(42)43)11-29(28)41(31)30-16-44-17-34(30,2)3/h4-11,13-14,30H,12,15-17H2,1-3H3,(H,42,43)/t30-/m1/s1. The van der Waals surface area contributed by atoms with Crippen LogP contribution in [0.2, 0.25) is 5.02 Å². The summed E-state index contributed by atoms with van der Waals surface area (Å²) in [6, 6.07) is 14.1. The van der Waals surface area contributed by atoms with Gasteiger partial charge in [-0.3, -0.25) is 0 Å². The van der Waals surface area contributed by atoms with Crippen LogP contribution in [0.5, 0.6) is 5.88 Å². The third-order valence-electron chi connectivity index (χ3n) is 8.16. The fraction of sp³-hybridized carbons (Fsp3) is 0.265. The van der Waals surface area contributed by atoms with Crippen molar-refractivity contribution in [2.45, 2.75) is 39.8 Å². The van der Waals surface area contributed by atoms with E-state index in [1.165, 1.54) is 18.2 Å². The van der Waals surface area contributed by atoms with E-state index in [1.54, 1.807) is 37.3 Å². The predicted molar refractivity (Wildman–Crippen MR) is 163 cm³/mol. The molecule has 1 aliphatic rings. The molecule has 1 atom stereocenters. The SMILES string of the molecule is Cc1cc(COc2cccc(-c3cc(F)c(Cc4nc5ccc(C(=O)O)cc5n4[C@@H]4COCC4(C)C)cc3F)n2)c(F)cc1Cl. The monoisotopic (exact) mass is 635 g/mol. The third-order valence-corrected chi connectivity index (χ3v) is 8.57. The van der Waals surface area contributed by atoms with Gasteiger partial charge in [0.1, 0.15) is 29.9 Å². The number of halogens is 4. The lowest BCUT2D eigenvalue weighted by atomic mass is 9.87. The number of fused-ring (bicyclic) bond motifs is 1. The molecule has 1 N–H and O–H groups in total. The highest BCUT2D eigenvalue weighted by molar-refractivity contribution is 6.31. The number of carboxylic acid groups (broad SMARTS) is 1. The molecule has 6 rings (SSSR count). The molecule has 7 nitrogen and oxygen atoms in total. The number of hydrogen-bond donors (Lipinski definition) is 1. The summed E-state index contributed by atoms with van der Waals surface area (Å²) >= 11 is 5.97. The number of ether oxygens (including phenoxy) is 2. The number of carboxylic acids is 1. The molecule has 1 aliphatic heterocycles. The van der Waals surface area contributed by atoms with Gasteiger partial charge in [0.05, 0.1) is 41.5 Å². The van der Waals surface area contributed by atoms with Crippen LogP contribution in [0.15, 0.2) is 60.7 Å². The number of rotatable bonds is 8. The average molecular weight is 636 g/mol. The molecule has 0 spiro atoms. The lowest BCUT2D eigenvalue weighted by Gasteiger charge is -2.28. The second-order valence-electron chi connectivity index (χ2n) is 11.9. The van der Waals surface area contributed by atoms with Crippen molar-refractivity contribution in [3.05, 3.63) is 111 Å². The van der Waals surface area contributed by atoms with Gasteiger partial charge in [-0.05, 0) is 66.6 Å². The number of imidazole rings is 1. The van der Waals surface area contributed by atoms with Gasteiger partial charge in [-0.15, -0.1) is 0 Å². The van der Waals surface area contributed by atoms with E-state index in [4.69, 9.17) is 26.1 Å². The zero-order valence-corrected chi connectivity index (χ0v) is 25.5. The molecule has 0 unspecified atom stereocenters. The molecule has 0 saturated carbocycles. The number of pyridine rings is 1. The van der Waals surface area contributed by atoms with Gasteiger partial charge in [0, 0.05) is 34.1 Å². The van der Waals surface area contributed by atoms with Crippen LogP contribution in [0.3, 0.4) is 0 Å². The minimum Gasteiger partial charge on any atom is -0.478 e. The molecular weight excluding hydrogens is 607 g/mol. The fourth-order valence-electron chi connectivity index (χ4n) is 5.64. The highest BCUT2D eigenvalue weighted by Crippen LogP contribution is 2.40. The third kappa shape index (κ3) is 6.00. The summed E-state index contributed by atoms with van der Waals surface area (Å²) in [5.74, 6) is -2.39. The maximum absolute atomic E-state index is 15.7. The van der Waals surface area contributed by atoms with E-state index in [0.717, 1.165) is 12.1 Å². The zero-order valence-electron chi connectivity index (χ0n) is 24.7. The summed E-state index contributed by atoms with van der Waals surface area (Å²) in [6.45, 7) is 6.54. The van der Waals surface area contributed by atoms with Crippen LogP contribution in [-0.2, 0) is 17.8 Å². The van der Waals surface area contributed by atoms with Crippen LogP contribution in [0.1, 0.15) is 52.8 Å². The lowest BCUT2D eigenvalue weighted by Crippen LogP contribution is -2.27. The van der Waals surface area contributed by atoms with Crippen LogP contribution in [0, 0.1) is 29.8 Å². The number of aromatic carboxylic acids is 1. The minimum absolute atomic E-state index is 0.0463. The first-order valence-corrected chi connectivity index (χ1v) is 14.6. The molecule has 0 amide bonds. The van der Waals surface area contributed by atoms with Gasteiger partial charge in [0.15, 0.2) is 0 Å². The highest BCUT2D eigenvalue weighted by Gasteiger charge is 2.39. The number of aromatic nitrogens is 3. The maximum atomic E-state index is 15.7. The summed E-state index contributed by atoms with van der Waals surface area (Å²) in [7, 11) is 0. The van der Waals surface area contributed by atoms with E-state index in [2.05, 4.69) is 4.98 Å². The summed E-state index contributed by atoms with van der Waals surface area (Å²) in [5.41, 5.74) is 2.03. The van der Waals surface area contributed by atoms with Crippen molar-refractivity contribution in [3.8, 4) is 17.1 Å². The molecule has 0 bridgehead atoms. The number of aryl methyl sites for hydroxylation is 1. The Morgan fingerprint density at radius 3 is 2.56 bits per heavy atom. The Kier molecular flexibility index (Phi) is 8.05. The van der Waals surface area contributed by atoms with E-state index in [1.807, 2.05) is 18.4 Å². The van der Waals surface area contributed by atoms with Crippen LogP contribution in [0.25, 0.3) is 22.3 Å². The zero-order chi connectivity index (χ0) is 32.0. The van der Waals surface area contributed by atoms with Crippen molar-refractivity contribution < 1.29 is 32.5 Å². The van der Waals surface area contributed by atoms with Gasteiger partial charge < -0.3 is 19.1 Å². The highest BCUT2D eigenvalue weighted by atomic mass is 35.5. The van der Waals surface area contributed by atoms with Crippen molar-refractivity contribution in [3.63, 3.8) is 0 Å². The molecule has 5 aromatic rings. The summed E-state index contributed by atoms with van der Waals surface area (Å²) in [6.07, 6.45) is -0.0463. The van der Waals surface area contributed by atoms with Gasteiger partial charge >= 0.3 is 5.97 Å². The molecule has 11 heteroatoms. The molecule has 0 aliphatic carbocycles. The van der Waals surface area contributed by atoms with Gasteiger partial charge in [0.2, 0.25) is 5.88 Å². The molecular formula is C34H29ClF3N3O4. The maximum Gasteiger partial charge on any atom is 0.335 e. The fourth-order valence-corrected chi connectivity index (χ4v) is 5.79. The van der Waals surface area contributed by atoms with E-state index >= 15 is 8.78 Å². The Morgan fingerprint density at radius 1 is 1.04 bits per heavy atom. The predicted octanol–water partition coefficient (Wildman–Crippen LogP) is 7.94. The summed E-state index contributed by atoms with van der Waals surface area (Å²) in [5, 5.41) is 9.89.